The molecular weight excluding hydrogens is 360 g/mol. The number of imidazole rings is 1. The highest BCUT2D eigenvalue weighted by Crippen LogP contribution is 2.34. The first-order valence-corrected chi connectivity index (χ1v) is 9.74. The van der Waals surface area contributed by atoms with Crippen molar-refractivity contribution in [3.8, 4) is 11.3 Å². The van der Waals surface area contributed by atoms with E-state index in [1.54, 1.807) is 0 Å². The molecule has 3 aromatic rings. The highest BCUT2D eigenvalue weighted by molar-refractivity contribution is 6.09. The number of hydrogen-bond acceptors (Lipinski definition) is 4. The smallest absolute Gasteiger partial charge is 0.199 e. The number of amidine groups is 1. The molecule has 0 saturated heterocycles. The van der Waals surface area contributed by atoms with Crippen LogP contribution < -0.4 is 11.5 Å². The minimum Gasteiger partial charge on any atom is -0.384 e. The Balaban J connectivity index is 1.75. The van der Waals surface area contributed by atoms with Crippen LogP contribution in [-0.2, 0) is 11.8 Å². The van der Waals surface area contributed by atoms with Gasteiger partial charge in [-0.15, -0.1) is 0 Å². The Bertz CT molecular complexity index is 1110. The molecule has 29 heavy (non-hydrogen) atoms. The average Bonchev–Trinajstić information content (AvgIpc) is 3.24. The molecule has 0 amide bonds. The van der Waals surface area contributed by atoms with Gasteiger partial charge in [0.25, 0.3) is 0 Å². The zero-order valence-electron chi connectivity index (χ0n) is 17.0. The van der Waals surface area contributed by atoms with Gasteiger partial charge >= 0.3 is 0 Å². The minimum absolute atomic E-state index is 0.0912. The number of nitrogens with zero attached hydrogens (tertiary/aromatic N) is 2. The van der Waals surface area contributed by atoms with Crippen molar-refractivity contribution in [3.05, 3.63) is 64.7 Å². The van der Waals surface area contributed by atoms with Crippen LogP contribution in [0.2, 0.25) is 0 Å². The second-order valence-corrected chi connectivity index (χ2v) is 8.45. The van der Waals surface area contributed by atoms with Crippen LogP contribution in [0.3, 0.4) is 0 Å². The van der Waals surface area contributed by atoms with Crippen molar-refractivity contribution in [2.75, 3.05) is 5.73 Å². The Hall–Kier alpha value is -3.41. The van der Waals surface area contributed by atoms with Crippen molar-refractivity contribution >= 4 is 23.3 Å². The number of nitrogen functional groups attached to an aromatic ring is 2. The number of aromatic amines is 1. The summed E-state index contributed by atoms with van der Waals surface area (Å²) in [6.07, 6.45) is 1.62. The summed E-state index contributed by atoms with van der Waals surface area (Å²) in [5, 5.41) is 7.81. The number of aromatic nitrogens is 2. The topological polar surface area (TPSA) is 117 Å². The normalized spacial score (nSPS) is 14.9. The zero-order valence-corrected chi connectivity index (χ0v) is 17.0. The van der Waals surface area contributed by atoms with Crippen LogP contribution in [0.4, 0.5) is 11.8 Å². The number of H-pyrrole nitrogens is 1. The standard InChI is InChI=1S/C23H26N6/c1-23(2,3)14-9-7-13(8-10-14)19-21(29-22(26)28-19)27-18-12-11-15-16(18)5-4-6-17(15)20(24)25/h4-10H,11-12H2,1-3H3,(H3,24,25)(H3,26,28,29). The molecule has 0 spiro atoms. The van der Waals surface area contributed by atoms with Crippen molar-refractivity contribution < 1.29 is 0 Å². The summed E-state index contributed by atoms with van der Waals surface area (Å²) < 4.78 is 0. The molecule has 0 saturated carbocycles. The molecule has 6 nitrogen and oxygen atoms in total. The van der Waals surface area contributed by atoms with Gasteiger partial charge in [-0.2, -0.15) is 0 Å². The Kier molecular flexibility index (Phi) is 4.49. The highest BCUT2D eigenvalue weighted by Gasteiger charge is 2.23. The quantitative estimate of drug-likeness (QED) is 0.397. The summed E-state index contributed by atoms with van der Waals surface area (Å²) in [5.74, 6) is 1.09. The maximum absolute atomic E-state index is 7.81. The number of aliphatic imine (C=N–C) groups is 1. The van der Waals surface area contributed by atoms with Crippen molar-refractivity contribution in [1.82, 2.24) is 9.97 Å². The lowest BCUT2D eigenvalue weighted by Gasteiger charge is -2.19. The van der Waals surface area contributed by atoms with Gasteiger partial charge in [-0.1, -0.05) is 63.2 Å². The molecular formula is C23H26N6. The number of benzene rings is 2. The molecule has 0 bridgehead atoms. The molecule has 0 fully saturated rings. The Morgan fingerprint density at radius 2 is 1.83 bits per heavy atom. The Labute approximate surface area is 170 Å². The van der Waals surface area contributed by atoms with Crippen LogP contribution in [0.1, 0.15) is 49.4 Å². The molecule has 6 heteroatoms. The molecule has 1 aliphatic rings. The number of anilines is 1. The Morgan fingerprint density at radius 3 is 2.48 bits per heavy atom. The third-order valence-corrected chi connectivity index (χ3v) is 5.36. The van der Waals surface area contributed by atoms with Crippen molar-refractivity contribution in [2.45, 2.75) is 39.0 Å². The number of hydrogen-bond donors (Lipinski definition) is 4. The van der Waals surface area contributed by atoms with Crippen LogP contribution >= 0.6 is 0 Å². The first kappa shape index (κ1) is 18.9. The molecule has 1 aromatic heterocycles. The summed E-state index contributed by atoms with van der Waals surface area (Å²) in [7, 11) is 0. The lowest BCUT2D eigenvalue weighted by atomic mass is 9.86. The van der Waals surface area contributed by atoms with E-state index in [1.807, 2.05) is 18.2 Å². The molecule has 1 heterocycles. The number of nitrogens with two attached hydrogens (primary N) is 2. The van der Waals surface area contributed by atoms with Gasteiger partial charge in [-0.25, -0.2) is 9.98 Å². The predicted molar refractivity (Wildman–Crippen MR) is 119 cm³/mol. The van der Waals surface area contributed by atoms with Gasteiger partial charge in [0.2, 0.25) is 0 Å². The van der Waals surface area contributed by atoms with Gasteiger partial charge in [0, 0.05) is 11.1 Å². The van der Waals surface area contributed by atoms with Crippen LogP contribution in [0.25, 0.3) is 11.3 Å². The van der Waals surface area contributed by atoms with E-state index in [4.69, 9.17) is 21.9 Å². The van der Waals surface area contributed by atoms with Gasteiger partial charge in [-0.05, 0) is 34.9 Å². The van der Waals surface area contributed by atoms with E-state index in [9.17, 15) is 0 Å². The van der Waals surface area contributed by atoms with Gasteiger partial charge in [-0.3, -0.25) is 5.41 Å². The van der Waals surface area contributed by atoms with Crippen LogP contribution in [0, 0.1) is 5.41 Å². The summed E-state index contributed by atoms with van der Waals surface area (Å²) in [4.78, 5) is 12.4. The highest BCUT2D eigenvalue weighted by atomic mass is 15.1. The lowest BCUT2D eigenvalue weighted by Crippen LogP contribution is -2.13. The van der Waals surface area contributed by atoms with E-state index in [0.717, 1.165) is 46.5 Å². The van der Waals surface area contributed by atoms with Crippen LogP contribution in [0.15, 0.2) is 47.5 Å². The van der Waals surface area contributed by atoms with Crippen molar-refractivity contribution in [1.29, 1.82) is 5.41 Å². The maximum Gasteiger partial charge on any atom is 0.199 e. The third-order valence-electron chi connectivity index (χ3n) is 5.36. The molecule has 4 rings (SSSR count). The minimum atomic E-state index is 0.0912. The van der Waals surface area contributed by atoms with Crippen molar-refractivity contribution in [2.24, 2.45) is 10.7 Å². The first-order valence-electron chi connectivity index (χ1n) is 9.74. The summed E-state index contributed by atoms with van der Waals surface area (Å²) in [6, 6.07) is 14.2. The van der Waals surface area contributed by atoms with Gasteiger partial charge in [0.15, 0.2) is 11.8 Å². The Morgan fingerprint density at radius 1 is 1.10 bits per heavy atom. The second kappa shape index (κ2) is 6.88. The third kappa shape index (κ3) is 3.53. The SMILES string of the molecule is CC(C)(C)c1ccc(-c2nc(N)[nH]c2N=C2CCc3c(C(=N)N)cccc32)cc1. The number of rotatable bonds is 3. The monoisotopic (exact) mass is 386 g/mol. The zero-order chi connectivity index (χ0) is 20.8. The average molecular weight is 387 g/mol. The van der Waals surface area contributed by atoms with E-state index < -0.39 is 0 Å². The second-order valence-electron chi connectivity index (χ2n) is 8.45. The summed E-state index contributed by atoms with van der Waals surface area (Å²) >= 11 is 0. The summed E-state index contributed by atoms with van der Waals surface area (Å²) in [5.41, 5.74) is 18.7. The maximum atomic E-state index is 7.81. The summed E-state index contributed by atoms with van der Waals surface area (Å²) in [6.45, 7) is 6.58. The molecule has 1 aliphatic carbocycles. The fourth-order valence-electron chi connectivity index (χ4n) is 3.80. The molecule has 0 aliphatic heterocycles. The molecule has 148 valence electrons. The van der Waals surface area contributed by atoms with E-state index in [0.29, 0.717) is 11.8 Å². The van der Waals surface area contributed by atoms with E-state index in [1.165, 1.54) is 5.56 Å². The van der Waals surface area contributed by atoms with E-state index in [2.05, 4.69) is 55.0 Å². The van der Waals surface area contributed by atoms with E-state index in [-0.39, 0.29) is 11.3 Å². The molecule has 0 atom stereocenters. The van der Waals surface area contributed by atoms with Crippen molar-refractivity contribution in [3.63, 3.8) is 0 Å². The molecule has 6 N–H and O–H groups in total. The van der Waals surface area contributed by atoms with Gasteiger partial charge < -0.3 is 16.5 Å². The largest absolute Gasteiger partial charge is 0.384 e. The van der Waals surface area contributed by atoms with Gasteiger partial charge in [0.05, 0.1) is 5.71 Å². The van der Waals surface area contributed by atoms with Gasteiger partial charge in [0.1, 0.15) is 11.5 Å². The van der Waals surface area contributed by atoms with E-state index >= 15 is 0 Å². The fourth-order valence-corrected chi connectivity index (χ4v) is 3.80. The molecule has 0 unspecified atom stereocenters. The number of fused-ring (bicyclic) bond motifs is 1. The fraction of sp³-hybridized carbons (Fsp3) is 0.261. The van der Waals surface area contributed by atoms with Crippen LogP contribution in [0.5, 0.6) is 0 Å². The predicted octanol–water partition coefficient (Wildman–Crippen LogP) is 4.31. The van der Waals surface area contributed by atoms with Crippen LogP contribution in [-0.4, -0.2) is 21.5 Å². The lowest BCUT2D eigenvalue weighted by molar-refractivity contribution is 0.590. The first-order chi connectivity index (χ1) is 13.7. The number of nitrogens with one attached hydrogen (secondary N) is 2. The molecule has 2 aromatic carbocycles. The molecule has 0 radical (unpaired) electrons.